The van der Waals surface area contributed by atoms with E-state index in [1.54, 1.807) is 6.20 Å². The van der Waals surface area contributed by atoms with Crippen molar-refractivity contribution in [2.75, 3.05) is 23.3 Å². The van der Waals surface area contributed by atoms with Crippen LogP contribution in [0.2, 0.25) is 5.15 Å². The normalized spacial score (nSPS) is 25.8. The number of piperidine rings is 1. The number of aromatic nitrogens is 2. The highest BCUT2D eigenvalue weighted by atomic mass is 35.5. The van der Waals surface area contributed by atoms with E-state index in [1.165, 1.54) is 0 Å². The summed E-state index contributed by atoms with van der Waals surface area (Å²) in [7, 11) is 0. The van der Waals surface area contributed by atoms with Crippen molar-refractivity contribution in [1.82, 2.24) is 9.97 Å². The van der Waals surface area contributed by atoms with Gasteiger partial charge in [-0.2, -0.15) is 0 Å². The summed E-state index contributed by atoms with van der Waals surface area (Å²) in [5, 5.41) is 23.9. The van der Waals surface area contributed by atoms with Crippen LogP contribution < -0.4 is 10.2 Å². The molecule has 0 unspecified atom stereocenters. The Morgan fingerprint density at radius 3 is 2.48 bits per heavy atom. The smallest absolute Gasteiger partial charge is 0.131 e. The number of nitrogens with zero attached hydrogens (tertiary/aromatic N) is 3. The molecule has 0 bridgehead atoms. The van der Waals surface area contributed by atoms with Gasteiger partial charge in [0, 0.05) is 36.6 Å². The third kappa shape index (κ3) is 5.00. The fourth-order valence-electron chi connectivity index (χ4n) is 4.21. The highest BCUT2D eigenvalue weighted by Gasteiger charge is 2.29. The van der Waals surface area contributed by atoms with Gasteiger partial charge in [0.25, 0.3) is 0 Å². The summed E-state index contributed by atoms with van der Waals surface area (Å²) >= 11 is 6.17. The highest BCUT2D eigenvalue weighted by molar-refractivity contribution is 6.29. The van der Waals surface area contributed by atoms with Crippen LogP contribution in [0.25, 0.3) is 11.3 Å². The quantitative estimate of drug-likeness (QED) is 0.656. The third-order valence-corrected chi connectivity index (χ3v) is 6.35. The fraction of sp³-hybridized carbons (Fsp3) is 0.545. The molecule has 2 fully saturated rings. The predicted octanol–water partition coefficient (Wildman–Crippen LogP) is 3.86. The lowest BCUT2D eigenvalue weighted by Crippen LogP contribution is -2.36. The molecular weight excluding hydrogens is 388 g/mol. The molecule has 0 atom stereocenters. The lowest BCUT2D eigenvalue weighted by atomic mass is 9.83. The van der Waals surface area contributed by atoms with Gasteiger partial charge >= 0.3 is 0 Å². The Morgan fingerprint density at radius 1 is 1.10 bits per heavy atom. The molecule has 3 heterocycles. The van der Waals surface area contributed by atoms with E-state index in [0.717, 1.165) is 74.2 Å². The zero-order chi connectivity index (χ0) is 20.4. The molecule has 29 heavy (non-hydrogen) atoms. The average molecular weight is 417 g/mol. The summed E-state index contributed by atoms with van der Waals surface area (Å²) in [6.07, 6.45) is 8.48. The van der Waals surface area contributed by atoms with E-state index >= 15 is 0 Å². The zero-order valence-corrected chi connectivity index (χ0v) is 17.6. The van der Waals surface area contributed by atoms with Gasteiger partial charge in [-0.1, -0.05) is 11.6 Å². The van der Waals surface area contributed by atoms with Crippen LogP contribution in [0.4, 0.5) is 11.4 Å². The largest absolute Gasteiger partial charge is 0.393 e. The highest BCUT2D eigenvalue weighted by Crippen LogP contribution is 2.34. The van der Waals surface area contributed by atoms with Gasteiger partial charge in [-0.05, 0) is 63.6 Å². The van der Waals surface area contributed by atoms with Crippen LogP contribution in [0.5, 0.6) is 0 Å². The molecule has 2 aromatic rings. The molecule has 2 aliphatic rings. The molecule has 3 N–H and O–H groups in total. The van der Waals surface area contributed by atoms with Crippen LogP contribution >= 0.6 is 11.6 Å². The van der Waals surface area contributed by atoms with Gasteiger partial charge in [0.2, 0.25) is 0 Å². The van der Waals surface area contributed by atoms with E-state index in [0.29, 0.717) is 11.2 Å². The second-order valence-corrected chi connectivity index (χ2v) is 8.98. The minimum atomic E-state index is -0.557. The summed E-state index contributed by atoms with van der Waals surface area (Å²) in [6, 6.07) is 6.25. The van der Waals surface area contributed by atoms with Crippen LogP contribution in [0.3, 0.4) is 0 Å². The van der Waals surface area contributed by atoms with Crippen LogP contribution in [0, 0.1) is 0 Å². The second kappa shape index (κ2) is 8.46. The maximum atomic E-state index is 10.2. The molecule has 7 heteroatoms. The van der Waals surface area contributed by atoms with Crippen molar-refractivity contribution in [3.8, 4) is 11.3 Å². The van der Waals surface area contributed by atoms with E-state index in [4.69, 9.17) is 11.6 Å². The van der Waals surface area contributed by atoms with Gasteiger partial charge in [0.1, 0.15) is 5.15 Å². The number of aliphatic hydroxyl groups excluding tert-OH is 1. The van der Waals surface area contributed by atoms with Crippen molar-refractivity contribution in [2.45, 2.75) is 63.2 Å². The first kappa shape index (κ1) is 20.4. The van der Waals surface area contributed by atoms with E-state index in [9.17, 15) is 10.2 Å². The van der Waals surface area contributed by atoms with Crippen LogP contribution in [-0.2, 0) is 0 Å². The molecule has 0 radical (unpaired) electrons. The molecule has 1 aliphatic carbocycles. The number of rotatable bonds is 4. The monoisotopic (exact) mass is 416 g/mol. The van der Waals surface area contributed by atoms with Crippen molar-refractivity contribution in [1.29, 1.82) is 0 Å². The molecule has 0 amide bonds. The van der Waals surface area contributed by atoms with E-state index < -0.39 is 5.60 Å². The first-order valence-corrected chi connectivity index (χ1v) is 10.8. The number of hydrogen-bond acceptors (Lipinski definition) is 6. The Bertz CT molecular complexity index is 825. The number of hydrogen-bond donors (Lipinski definition) is 3. The minimum Gasteiger partial charge on any atom is -0.393 e. The summed E-state index contributed by atoms with van der Waals surface area (Å²) in [5.74, 6) is 0. The Morgan fingerprint density at radius 2 is 1.83 bits per heavy atom. The number of anilines is 2. The van der Waals surface area contributed by atoms with E-state index in [2.05, 4.69) is 26.3 Å². The van der Waals surface area contributed by atoms with Crippen LogP contribution in [-0.4, -0.2) is 51.0 Å². The molecule has 1 saturated carbocycles. The van der Waals surface area contributed by atoms with Crippen molar-refractivity contribution in [3.63, 3.8) is 0 Å². The first-order chi connectivity index (χ1) is 13.9. The number of pyridine rings is 2. The number of aliphatic hydroxyl groups is 2. The van der Waals surface area contributed by atoms with E-state index in [-0.39, 0.29) is 6.10 Å². The van der Waals surface area contributed by atoms with Crippen molar-refractivity contribution < 1.29 is 10.2 Å². The summed E-state index contributed by atoms with van der Waals surface area (Å²) in [4.78, 5) is 11.2. The molecule has 1 aliphatic heterocycles. The number of nitrogens with one attached hydrogen (secondary N) is 1. The molecule has 6 nitrogen and oxygen atoms in total. The van der Waals surface area contributed by atoms with Crippen molar-refractivity contribution in [3.05, 3.63) is 35.7 Å². The molecule has 4 rings (SSSR count). The fourth-order valence-corrected chi connectivity index (χ4v) is 4.37. The van der Waals surface area contributed by atoms with Gasteiger partial charge in [-0.15, -0.1) is 0 Å². The SMILES string of the molecule is CC1(O)CCC(Nc2cc(Cl)ncc2-c2ccc(N3CCC(O)CC3)cn2)CC1. The molecule has 156 valence electrons. The Hall–Kier alpha value is -1.89. The lowest BCUT2D eigenvalue weighted by molar-refractivity contribution is 0.0196. The summed E-state index contributed by atoms with van der Waals surface area (Å²) < 4.78 is 0. The van der Waals surface area contributed by atoms with Gasteiger partial charge in [-0.3, -0.25) is 4.98 Å². The molecule has 0 spiro atoms. The lowest BCUT2D eigenvalue weighted by Gasteiger charge is -2.34. The topological polar surface area (TPSA) is 81.5 Å². The Labute approximate surface area is 176 Å². The number of halogens is 1. The summed E-state index contributed by atoms with van der Waals surface area (Å²) in [6.45, 7) is 3.61. The molecular formula is C22H29ClN4O2. The zero-order valence-electron chi connectivity index (χ0n) is 16.8. The van der Waals surface area contributed by atoms with E-state index in [1.807, 2.05) is 25.3 Å². The van der Waals surface area contributed by atoms with Gasteiger partial charge < -0.3 is 20.4 Å². The van der Waals surface area contributed by atoms with Crippen LogP contribution in [0.15, 0.2) is 30.6 Å². The van der Waals surface area contributed by atoms with Gasteiger partial charge in [-0.25, -0.2) is 4.98 Å². The molecule has 0 aromatic carbocycles. The predicted molar refractivity (Wildman–Crippen MR) is 116 cm³/mol. The van der Waals surface area contributed by atoms with Crippen molar-refractivity contribution in [2.24, 2.45) is 0 Å². The van der Waals surface area contributed by atoms with Gasteiger partial charge in [0.15, 0.2) is 0 Å². The average Bonchev–Trinajstić information content (AvgIpc) is 2.71. The Balaban J connectivity index is 1.51. The third-order valence-electron chi connectivity index (χ3n) is 6.15. The molecule has 1 saturated heterocycles. The Kier molecular flexibility index (Phi) is 5.95. The first-order valence-electron chi connectivity index (χ1n) is 10.4. The van der Waals surface area contributed by atoms with Crippen LogP contribution in [0.1, 0.15) is 45.4 Å². The standard InChI is InChI=1S/C22H29ClN4O2/c1-22(29)8-4-15(5-9-22)26-20-12-21(23)25-14-18(20)19-3-2-16(13-24-19)27-10-6-17(28)7-11-27/h2-3,12-15,17,28-29H,4-11H2,1H3,(H,25,26). The molecule has 2 aromatic heterocycles. The maximum absolute atomic E-state index is 10.2. The summed E-state index contributed by atoms with van der Waals surface area (Å²) in [5.41, 5.74) is 3.22. The van der Waals surface area contributed by atoms with Gasteiger partial charge in [0.05, 0.1) is 29.3 Å². The maximum Gasteiger partial charge on any atom is 0.131 e. The minimum absolute atomic E-state index is 0.184. The second-order valence-electron chi connectivity index (χ2n) is 8.59. The van der Waals surface area contributed by atoms with Crippen molar-refractivity contribution >= 4 is 23.0 Å².